The first-order chi connectivity index (χ1) is 9.97. The number of carbonyl (C=O) groups excluding carboxylic acids is 1. The number of amides is 1. The standard InChI is InChI=1S/C16H24N2O3/c1-11-4-5-12(2)15(6-11)17-16(20)9-18-7-13(3)21-14(8-18)10-19/h4-6,13-14,19H,7-10H2,1-3H3,(H,17,20). The van der Waals surface area contributed by atoms with Gasteiger partial charge in [0.25, 0.3) is 0 Å². The lowest BCUT2D eigenvalue weighted by Gasteiger charge is -2.35. The number of anilines is 1. The molecule has 0 aliphatic carbocycles. The molecule has 1 aromatic rings. The molecule has 0 radical (unpaired) electrons. The molecule has 1 heterocycles. The number of aryl methyl sites for hydroxylation is 2. The van der Waals surface area contributed by atoms with Crippen molar-refractivity contribution < 1.29 is 14.6 Å². The fraction of sp³-hybridized carbons (Fsp3) is 0.562. The Morgan fingerprint density at radius 3 is 2.90 bits per heavy atom. The van der Waals surface area contributed by atoms with Gasteiger partial charge in [0.05, 0.1) is 25.4 Å². The van der Waals surface area contributed by atoms with Crippen molar-refractivity contribution in [3.63, 3.8) is 0 Å². The van der Waals surface area contributed by atoms with Crippen LogP contribution in [0, 0.1) is 13.8 Å². The van der Waals surface area contributed by atoms with Crippen molar-refractivity contribution in [2.24, 2.45) is 0 Å². The van der Waals surface area contributed by atoms with E-state index in [-0.39, 0.29) is 24.7 Å². The number of rotatable bonds is 4. The van der Waals surface area contributed by atoms with E-state index < -0.39 is 0 Å². The lowest BCUT2D eigenvalue weighted by molar-refractivity contribution is -0.124. The van der Waals surface area contributed by atoms with Crippen LogP contribution in [0.15, 0.2) is 18.2 Å². The highest BCUT2D eigenvalue weighted by Crippen LogP contribution is 2.17. The van der Waals surface area contributed by atoms with E-state index >= 15 is 0 Å². The predicted molar refractivity (Wildman–Crippen MR) is 82.4 cm³/mol. The van der Waals surface area contributed by atoms with Crippen LogP contribution in [-0.4, -0.2) is 54.4 Å². The van der Waals surface area contributed by atoms with Gasteiger partial charge in [0.2, 0.25) is 5.91 Å². The summed E-state index contributed by atoms with van der Waals surface area (Å²) in [5, 5.41) is 12.2. The van der Waals surface area contributed by atoms with Crippen molar-refractivity contribution in [3.05, 3.63) is 29.3 Å². The highest BCUT2D eigenvalue weighted by atomic mass is 16.5. The van der Waals surface area contributed by atoms with Crippen LogP contribution in [0.5, 0.6) is 0 Å². The summed E-state index contributed by atoms with van der Waals surface area (Å²) in [6, 6.07) is 6.01. The van der Waals surface area contributed by atoms with Crippen LogP contribution in [0.2, 0.25) is 0 Å². The second-order valence-corrected chi connectivity index (χ2v) is 5.81. The molecule has 2 N–H and O–H groups in total. The average molecular weight is 292 g/mol. The second kappa shape index (κ2) is 7.02. The van der Waals surface area contributed by atoms with E-state index in [0.29, 0.717) is 19.6 Å². The number of hydrogen-bond acceptors (Lipinski definition) is 4. The van der Waals surface area contributed by atoms with Crippen molar-refractivity contribution in [3.8, 4) is 0 Å². The second-order valence-electron chi connectivity index (χ2n) is 5.81. The molecular weight excluding hydrogens is 268 g/mol. The molecule has 2 rings (SSSR count). The molecule has 1 aliphatic rings. The summed E-state index contributed by atoms with van der Waals surface area (Å²) in [6.45, 7) is 7.53. The minimum absolute atomic E-state index is 0.0144. The molecule has 1 amide bonds. The summed E-state index contributed by atoms with van der Waals surface area (Å²) < 4.78 is 5.58. The Balaban J connectivity index is 1.93. The first-order valence-corrected chi connectivity index (χ1v) is 7.33. The van der Waals surface area contributed by atoms with E-state index in [1.165, 1.54) is 0 Å². The highest BCUT2D eigenvalue weighted by molar-refractivity contribution is 5.93. The molecule has 5 heteroatoms. The third-order valence-corrected chi connectivity index (χ3v) is 3.64. The van der Waals surface area contributed by atoms with Crippen LogP contribution in [-0.2, 0) is 9.53 Å². The number of nitrogens with zero attached hydrogens (tertiary/aromatic N) is 1. The van der Waals surface area contributed by atoms with E-state index in [9.17, 15) is 9.90 Å². The Bertz CT molecular complexity index is 504. The molecule has 2 atom stereocenters. The average Bonchev–Trinajstić information content (AvgIpc) is 2.42. The minimum atomic E-state index is -0.206. The molecule has 2 unspecified atom stereocenters. The van der Waals surface area contributed by atoms with E-state index in [1.807, 2.05) is 43.9 Å². The molecule has 1 aliphatic heterocycles. The first-order valence-electron chi connectivity index (χ1n) is 7.33. The van der Waals surface area contributed by atoms with Gasteiger partial charge in [-0.3, -0.25) is 9.69 Å². The molecule has 1 fully saturated rings. The van der Waals surface area contributed by atoms with Gasteiger partial charge in [-0.1, -0.05) is 12.1 Å². The summed E-state index contributed by atoms with van der Waals surface area (Å²) >= 11 is 0. The number of ether oxygens (including phenoxy) is 1. The predicted octanol–water partition coefficient (Wildman–Crippen LogP) is 1.32. The first kappa shape index (κ1) is 15.9. The number of morpholine rings is 1. The monoisotopic (exact) mass is 292 g/mol. The lowest BCUT2D eigenvalue weighted by Crippen LogP contribution is -2.50. The van der Waals surface area contributed by atoms with E-state index in [1.54, 1.807) is 0 Å². The number of hydrogen-bond donors (Lipinski definition) is 2. The molecular formula is C16H24N2O3. The van der Waals surface area contributed by atoms with Gasteiger partial charge in [-0.25, -0.2) is 0 Å². The van der Waals surface area contributed by atoms with Crippen molar-refractivity contribution in [1.82, 2.24) is 4.90 Å². The zero-order chi connectivity index (χ0) is 15.4. The Labute approximate surface area is 125 Å². The van der Waals surface area contributed by atoms with Gasteiger partial charge >= 0.3 is 0 Å². The maximum atomic E-state index is 12.2. The minimum Gasteiger partial charge on any atom is -0.394 e. The summed E-state index contributed by atoms with van der Waals surface area (Å²) in [6.07, 6.45) is -0.174. The number of carbonyl (C=O) groups is 1. The smallest absolute Gasteiger partial charge is 0.238 e. The number of aliphatic hydroxyl groups excluding tert-OH is 1. The lowest BCUT2D eigenvalue weighted by atomic mass is 10.1. The zero-order valence-electron chi connectivity index (χ0n) is 12.9. The Kier molecular flexibility index (Phi) is 5.33. The molecule has 5 nitrogen and oxygen atoms in total. The number of benzene rings is 1. The maximum absolute atomic E-state index is 12.2. The van der Waals surface area contributed by atoms with Crippen molar-refractivity contribution in [2.45, 2.75) is 33.0 Å². The summed E-state index contributed by atoms with van der Waals surface area (Å²) in [4.78, 5) is 14.2. The Morgan fingerprint density at radius 1 is 1.43 bits per heavy atom. The van der Waals surface area contributed by atoms with Crippen LogP contribution in [0.4, 0.5) is 5.69 Å². The Morgan fingerprint density at radius 2 is 2.19 bits per heavy atom. The van der Waals surface area contributed by atoms with E-state index in [0.717, 1.165) is 16.8 Å². The zero-order valence-corrected chi connectivity index (χ0v) is 12.9. The van der Waals surface area contributed by atoms with Crippen molar-refractivity contribution >= 4 is 11.6 Å². The molecule has 1 aromatic carbocycles. The topological polar surface area (TPSA) is 61.8 Å². The summed E-state index contributed by atoms with van der Waals surface area (Å²) in [7, 11) is 0. The van der Waals surface area contributed by atoms with Gasteiger partial charge in [0.1, 0.15) is 0 Å². The highest BCUT2D eigenvalue weighted by Gasteiger charge is 2.26. The van der Waals surface area contributed by atoms with Gasteiger partial charge < -0.3 is 15.2 Å². The van der Waals surface area contributed by atoms with Crippen molar-refractivity contribution in [1.29, 1.82) is 0 Å². The largest absolute Gasteiger partial charge is 0.394 e. The molecule has 0 spiro atoms. The molecule has 1 saturated heterocycles. The van der Waals surface area contributed by atoms with E-state index in [4.69, 9.17) is 4.74 Å². The quantitative estimate of drug-likeness (QED) is 0.879. The molecule has 116 valence electrons. The Hall–Kier alpha value is -1.43. The van der Waals surface area contributed by atoms with Gasteiger partial charge in [-0.05, 0) is 38.0 Å². The molecule has 21 heavy (non-hydrogen) atoms. The summed E-state index contributed by atoms with van der Waals surface area (Å²) in [5.74, 6) is -0.0329. The van der Waals surface area contributed by atoms with Gasteiger partial charge in [0.15, 0.2) is 0 Å². The van der Waals surface area contributed by atoms with Gasteiger partial charge in [-0.15, -0.1) is 0 Å². The molecule has 0 saturated carbocycles. The van der Waals surface area contributed by atoms with Crippen LogP contribution in [0.25, 0.3) is 0 Å². The van der Waals surface area contributed by atoms with E-state index in [2.05, 4.69) is 5.32 Å². The number of aliphatic hydroxyl groups is 1. The SMILES string of the molecule is Cc1ccc(C)c(NC(=O)CN2CC(C)OC(CO)C2)c1. The van der Waals surface area contributed by atoms with Crippen LogP contribution >= 0.6 is 0 Å². The maximum Gasteiger partial charge on any atom is 0.238 e. The fourth-order valence-electron chi connectivity index (χ4n) is 2.63. The third kappa shape index (κ3) is 4.52. The van der Waals surface area contributed by atoms with Crippen molar-refractivity contribution in [2.75, 3.05) is 31.6 Å². The summed E-state index contributed by atoms with van der Waals surface area (Å²) in [5.41, 5.74) is 3.04. The third-order valence-electron chi connectivity index (χ3n) is 3.64. The van der Waals surface area contributed by atoms with Gasteiger partial charge in [0, 0.05) is 18.8 Å². The fourth-order valence-corrected chi connectivity index (χ4v) is 2.63. The van der Waals surface area contributed by atoms with Crippen LogP contribution in [0.3, 0.4) is 0 Å². The normalized spacial score (nSPS) is 23.0. The van der Waals surface area contributed by atoms with Gasteiger partial charge in [-0.2, -0.15) is 0 Å². The van der Waals surface area contributed by atoms with Crippen LogP contribution in [0.1, 0.15) is 18.1 Å². The van der Waals surface area contributed by atoms with Crippen LogP contribution < -0.4 is 5.32 Å². The number of nitrogens with one attached hydrogen (secondary N) is 1. The molecule has 0 bridgehead atoms. The molecule has 0 aromatic heterocycles.